The van der Waals surface area contributed by atoms with Gasteiger partial charge in [-0.3, -0.25) is 14.6 Å². The van der Waals surface area contributed by atoms with Crippen molar-refractivity contribution in [3.63, 3.8) is 0 Å². The summed E-state index contributed by atoms with van der Waals surface area (Å²) >= 11 is 0. The lowest BCUT2D eigenvalue weighted by Crippen LogP contribution is -2.63. The maximum absolute atomic E-state index is 12.7. The van der Waals surface area contributed by atoms with E-state index < -0.39 is 12.1 Å². The fourth-order valence-corrected chi connectivity index (χ4v) is 3.78. The normalized spacial score (nSPS) is 23.5. The van der Waals surface area contributed by atoms with E-state index in [0.29, 0.717) is 23.6 Å². The zero-order valence-electron chi connectivity index (χ0n) is 15.4. The van der Waals surface area contributed by atoms with Crippen molar-refractivity contribution >= 4 is 24.2 Å². The van der Waals surface area contributed by atoms with Crippen molar-refractivity contribution in [3.8, 4) is 11.5 Å². The van der Waals surface area contributed by atoms with Gasteiger partial charge in [-0.2, -0.15) is 13.2 Å². The molecule has 1 saturated carbocycles. The van der Waals surface area contributed by atoms with Crippen LogP contribution in [0.5, 0.6) is 11.5 Å². The monoisotopic (exact) mass is 399 g/mol. The van der Waals surface area contributed by atoms with E-state index in [9.17, 15) is 22.8 Å². The van der Waals surface area contributed by atoms with Crippen LogP contribution in [0, 0.1) is 11.8 Å². The maximum Gasteiger partial charge on any atom is 0.471 e. The van der Waals surface area contributed by atoms with Crippen LogP contribution in [0.25, 0.3) is 0 Å². The lowest BCUT2D eigenvalue weighted by atomic mass is 9.68. The van der Waals surface area contributed by atoms with E-state index in [1.54, 1.807) is 0 Å². The number of ether oxygens (including phenoxy) is 2. The molecule has 7 nitrogen and oxygen atoms in total. The average Bonchev–Trinajstić information content (AvgIpc) is 2.69. The van der Waals surface area contributed by atoms with Gasteiger partial charge in [0.1, 0.15) is 6.10 Å². The molecule has 0 radical (unpaired) electrons. The molecule has 0 unspecified atom stereocenters. The molecular formula is C18H20F3N3O4. The molecule has 1 N–H and O–H groups in total. The summed E-state index contributed by atoms with van der Waals surface area (Å²) < 4.78 is 49.3. The number of nitrogens with one attached hydrogen (secondary N) is 1. The Bertz CT molecular complexity index is 800. The smallest absolute Gasteiger partial charge is 0.471 e. The number of likely N-dealkylation sites (tertiary alicyclic amines) is 1. The van der Waals surface area contributed by atoms with Crippen LogP contribution < -0.4 is 14.8 Å². The first-order valence-corrected chi connectivity index (χ1v) is 8.63. The van der Waals surface area contributed by atoms with Gasteiger partial charge in [0.25, 0.3) is 5.91 Å². The Morgan fingerprint density at radius 1 is 1.25 bits per heavy atom. The largest absolute Gasteiger partial charge is 0.493 e. The highest BCUT2D eigenvalue weighted by Crippen LogP contribution is 2.45. The van der Waals surface area contributed by atoms with Gasteiger partial charge in [0.15, 0.2) is 11.5 Å². The van der Waals surface area contributed by atoms with Crippen LogP contribution in [0.3, 0.4) is 0 Å². The van der Waals surface area contributed by atoms with Crippen molar-refractivity contribution in [2.24, 2.45) is 16.8 Å². The van der Waals surface area contributed by atoms with E-state index >= 15 is 0 Å². The molecule has 1 aromatic rings. The number of aliphatic imine (C=N–C) groups is 1. The molecule has 2 fully saturated rings. The fraction of sp³-hybridized carbons (Fsp3) is 0.500. The Hall–Kier alpha value is -2.78. The van der Waals surface area contributed by atoms with Crippen LogP contribution in [0.15, 0.2) is 17.1 Å². The summed E-state index contributed by atoms with van der Waals surface area (Å²) in [6, 6.07) is 3.00. The number of methoxy groups -OCH3 is 1. The number of piperidine rings is 2. The lowest BCUT2D eigenvalue weighted by molar-refractivity contribution is -0.196. The standard InChI is InChI=1S/C18H20F3N3O4/c1-22-12-6-13(27-3)14(5-11(12)16(25)23-2)28-15-9-4-10(15)8-24(7-9)17(26)18(19,20)21/h5-6,9-10,15H,1,4,7-8H2,2-3H3,(H,23,25)/t9-,10+,15+. The molecule has 1 aliphatic heterocycles. The molecule has 2 aliphatic rings. The summed E-state index contributed by atoms with van der Waals surface area (Å²) in [6.07, 6.45) is -4.55. The summed E-state index contributed by atoms with van der Waals surface area (Å²) in [5, 5.41) is 2.50. The van der Waals surface area contributed by atoms with Crippen LogP contribution >= 0.6 is 0 Å². The van der Waals surface area contributed by atoms with Crippen molar-refractivity contribution in [3.05, 3.63) is 17.7 Å². The van der Waals surface area contributed by atoms with Gasteiger partial charge in [0.2, 0.25) is 0 Å². The number of alkyl halides is 3. The number of halogens is 3. The summed E-state index contributed by atoms with van der Waals surface area (Å²) in [5.41, 5.74) is 0.561. The SMILES string of the molecule is C=Nc1cc(OC)c(O[C@H]2[C@@H]3C[C@H]2CN(C(=O)C(F)(F)F)C3)cc1C(=O)NC. The predicted molar refractivity (Wildman–Crippen MR) is 94.2 cm³/mol. The van der Waals surface area contributed by atoms with Gasteiger partial charge in [-0.05, 0) is 19.2 Å². The zero-order chi connectivity index (χ0) is 20.6. The van der Waals surface area contributed by atoms with Gasteiger partial charge in [0.05, 0.1) is 18.4 Å². The Kier molecular flexibility index (Phi) is 5.22. The first-order chi connectivity index (χ1) is 13.2. The van der Waals surface area contributed by atoms with Crippen molar-refractivity contribution in [2.45, 2.75) is 18.7 Å². The average molecular weight is 399 g/mol. The van der Waals surface area contributed by atoms with Crippen molar-refractivity contribution < 1.29 is 32.2 Å². The molecule has 1 saturated heterocycles. The molecule has 10 heteroatoms. The molecule has 2 bridgehead atoms. The van der Waals surface area contributed by atoms with E-state index in [1.165, 1.54) is 26.3 Å². The Balaban J connectivity index is 1.79. The number of carbonyl (C=O) groups is 2. The number of hydrogen-bond acceptors (Lipinski definition) is 5. The van der Waals surface area contributed by atoms with Crippen molar-refractivity contribution in [1.82, 2.24) is 10.2 Å². The maximum atomic E-state index is 12.7. The Labute approximate surface area is 159 Å². The van der Waals surface area contributed by atoms with E-state index in [2.05, 4.69) is 17.0 Å². The van der Waals surface area contributed by atoms with Crippen LogP contribution in [-0.2, 0) is 4.79 Å². The lowest BCUT2D eigenvalue weighted by Gasteiger charge is -2.52. The van der Waals surface area contributed by atoms with Crippen LogP contribution in [0.1, 0.15) is 16.8 Å². The van der Waals surface area contributed by atoms with Crippen LogP contribution in [-0.4, -0.2) is 63.0 Å². The van der Waals surface area contributed by atoms with Gasteiger partial charge in [-0.15, -0.1) is 0 Å². The van der Waals surface area contributed by atoms with Gasteiger partial charge < -0.3 is 19.7 Å². The topological polar surface area (TPSA) is 80.2 Å². The number of fused-ring (bicyclic) bond motifs is 2. The summed E-state index contributed by atoms with van der Waals surface area (Å²) in [6.45, 7) is 3.40. The highest BCUT2D eigenvalue weighted by Gasteiger charge is 2.53. The second-order valence-electron chi connectivity index (χ2n) is 6.80. The Morgan fingerprint density at radius 2 is 1.89 bits per heavy atom. The van der Waals surface area contributed by atoms with Gasteiger partial charge in [-0.25, -0.2) is 0 Å². The molecule has 28 heavy (non-hydrogen) atoms. The van der Waals surface area contributed by atoms with Gasteiger partial charge >= 0.3 is 12.1 Å². The number of rotatable bonds is 5. The second-order valence-corrected chi connectivity index (χ2v) is 6.80. The Morgan fingerprint density at radius 3 is 2.39 bits per heavy atom. The molecule has 3 atom stereocenters. The minimum absolute atomic E-state index is 0.0174. The zero-order valence-corrected chi connectivity index (χ0v) is 15.4. The first kappa shape index (κ1) is 20.0. The highest BCUT2D eigenvalue weighted by atomic mass is 19.4. The third-order valence-corrected chi connectivity index (χ3v) is 5.16. The molecule has 152 valence electrons. The second kappa shape index (κ2) is 7.33. The number of benzene rings is 1. The number of carbonyl (C=O) groups excluding carboxylic acids is 2. The molecule has 3 rings (SSSR count). The quantitative estimate of drug-likeness (QED) is 0.770. The van der Waals surface area contributed by atoms with Gasteiger partial charge in [0, 0.05) is 38.0 Å². The number of amides is 2. The number of nitrogens with zero attached hydrogens (tertiary/aromatic N) is 2. The molecule has 1 aromatic carbocycles. The van der Waals surface area contributed by atoms with Crippen molar-refractivity contribution in [2.75, 3.05) is 27.2 Å². The van der Waals surface area contributed by atoms with Gasteiger partial charge in [-0.1, -0.05) is 0 Å². The molecule has 1 aliphatic carbocycles. The molecule has 1 heterocycles. The van der Waals surface area contributed by atoms with Crippen molar-refractivity contribution in [1.29, 1.82) is 0 Å². The predicted octanol–water partition coefficient (Wildman–Crippen LogP) is 2.17. The minimum atomic E-state index is -4.88. The fourth-order valence-electron chi connectivity index (χ4n) is 3.78. The van der Waals surface area contributed by atoms with E-state index in [4.69, 9.17) is 9.47 Å². The third kappa shape index (κ3) is 3.50. The van der Waals surface area contributed by atoms with E-state index in [-0.39, 0.29) is 42.5 Å². The van der Waals surface area contributed by atoms with E-state index in [0.717, 1.165) is 4.90 Å². The highest BCUT2D eigenvalue weighted by molar-refractivity contribution is 6.00. The minimum Gasteiger partial charge on any atom is -0.493 e. The third-order valence-electron chi connectivity index (χ3n) is 5.16. The molecule has 2 amide bonds. The molecule has 0 spiro atoms. The molecule has 0 aromatic heterocycles. The molecular weight excluding hydrogens is 379 g/mol. The van der Waals surface area contributed by atoms with Crippen LogP contribution in [0.2, 0.25) is 0 Å². The van der Waals surface area contributed by atoms with Crippen LogP contribution in [0.4, 0.5) is 18.9 Å². The summed E-state index contributed by atoms with van der Waals surface area (Å²) in [5.74, 6) is -2.00. The first-order valence-electron chi connectivity index (χ1n) is 8.63. The number of hydrogen-bond donors (Lipinski definition) is 1. The summed E-state index contributed by atoms with van der Waals surface area (Å²) in [4.78, 5) is 28.2. The van der Waals surface area contributed by atoms with E-state index in [1.807, 2.05) is 0 Å². The summed E-state index contributed by atoms with van der Waals surface area (Å²) in [7, 11) is 2.91.